The third-order valence-corrected chi connectivity index (χ3v) is 4.34. The quantitative estimate of drug-likeness (QED) is 0.524. The van der Waals surface area contributed by atoms with Crippen LogP contribution < -0.4 is 20.7 Å². The molecule has 3 amide bonds. The van der Waals surface area contributed by atoms with Crippen LogP contribution in [0.2, 0.25) is 10.0 Å². The second kappa shape index (κ2) is 11.6. The molecule has 0 saturated carbocycles. The van der Waals surface area contributed by atoms with E-state index in [1.807, 2.05) is 0 Å². The van der Waals surface area contributed by atoms with Gasteiger partial charge in [0.05, 0.1) is 5.02 Å². The lowest BCUT2D eigenvalue weighted by molar-refractivity contribution is -0.120. The SMILES string of the molecule is CC(C)(C)OC(=O)NCC(=O)NCc1ccccc1NC(=O)COc1ccc(Cl)cc1Cl. The number of alkyl carbamates (subject to hydrolysis) is 1. The van der Waals surface area contributed by atoms with E-state index in [0.29, 0.717) is 27.0 Å². The molecule has 2 rings (SSSR count). The van der Waals surface area contributed by atoms with Crippen LogP contribution in [0.1, 0.15) is 26.3 Å². The van der Waals surface area contributed by atoms with E-state index >= 15 is 0 Å². The average Bonchev–Trinajstić information content (AvgIpc) is 2.69. The van der Waals surface area contributed by atoms with Gasteiger partial charge in [0, 0.05) is 17.3 Å². The zero-order valence-electron chi connectivity index (χ0n) is 18.0. The monoisotopic (exact) mass is 481 g/mol. The van der Waals surface area contributed by atoms with Gasteiger partial charge in [-0.15, -0.1) is 0 Å². The number of carbonyl (C=O) groups excluding carboxylic acids is 3. The molecule has 0 heterocycles. The molecule has 2 aromatic rings. The highest BCUT2D eigenvalue weighted by Gasteiger charge is 2.16. The Bertz CT molecular complexity index is 976. The third-order valence-electron chi connectivity index (χ3n) is 3.81. The van der Waals surface area contributed by atoms with E-state index < -0.39 is 23.5 Å². The molecular weight excluding hydrogens is 457 g/mol. The standard InChI is InChI=1S/C22H25Cl2N3O5/c1-22(2,3)32-21(30)26-12-19(28)25-11-14-6-4-5-7-17(14)27-20(29)13-31-18-9-8-15(23)10-16(18)24/h4-10H,11-13H2,1-3H3,(H,25,28)(H,26,30)(H,27,29). The Kier molecular flexibility index (Phi) is 9.16. The van der Waals surface area contributed by atoms with Crippen molar-refractivity contribution in [2.45, 2.75) is 32.9 Å². The smallest absolute Gasteiger partial charge is 0.408 e. The van der Waals surface area contributed by atoms with Gasteiger partial charge in [-0.1, -0.05) is 41.4 Å². The van der Waals surface area contributed by atoms with Crippen molar-refractivity contribution in [1.82, 2.24) is 10.6 Å². The lowest BCUT2D eigenvalue weighted by Gasteiger charge is -2.19. The fraction of sp³-hybridized carbons (Fsp3) is 0.318. The number of rotatable bonds is 8. The predicted molar refractivity (Wildman–Crippen MR) is 123 cm³/mol. The average molecular weight is 482 g/mol. The van der Waals surface area contributed by atoms with Gasteiger partial charge in [-0.2, -0.15) is 0 Å². The van der Waals surface area contributed by atoms with Crippen LogP contribution in [0.5, 0.6) is 5.75 Å². The van der Waals surface area contributed by atoms with Crippen LogP contribution in [-0.4, -0.2) is 36.7 Å². The summed E-state index contributed by atoms with van der Waals surface area (Å²) in [5.74, 6) is -0.469. The highest BCUT2D eigenvalue weighted by molar-refractivity contribution is 6.35. The van der Waals surface area contributed by atoms with Gasteiger partial charge in [0.25, 0.3) is 5.91 Å². The molecule has 10 heteroatoms. The van der Waals surface area contributed by atoms with E-state index in [-0.39, 0.29) is 19.7 Å². The summed E-state index contributed by atoms with van der Waals surface area (Å²) in [4.78, 5) is 35.9. The zero-order chi connectivity index (χ0) is 23.7. The highest BCUT2D eigenvalue weighted by Crippen LogP contribution is 2.27. The Balaban J connectivity index is 1.84. The number of halogens is 2. The molecule has 0 saturated heterocycles. The topological polar surface area (TPSA) is 106 Å². The van der Waals surface area contributed by atoms with Crippen LogP contribution in [0, 0.1) is 0 Å². The van der Waals surface area contributed by atoms with E-state index in [0.717, 1.165) is 0 Å². The fourth-order valence-corrected chi connectivity index (χ4v) is 2.90. The van der Waals surface area contributed by atoms with Gasteiger partial charge < -0.3 is 25.4 Å². The Morgan fingerprint density at radius 2 is 1.69 bits per heavy atom. The Morgan fingerprint density at radius 1 is 0.969 bits per heavy atom. The maximum absolute atomic E-state index is 12.3. The molecule has 0 aromatic heterocycles. The van der Waals surface area contributed by atoms with E-state index in [1.165, 1.54) is 6.07 Å². The normalized spacial score (nSPS) is 10.8. The number of benzene rings is 2. The predicted octanol–water partition coefficient (Wildman–Crippen LogP) is 4.15. The molecule has 2 aromatic carbocycles. The van der Waals surface area contributed by atoms with Crippen LogP contribution >= 0.6 is 23.2 Å². The minimum atomic E-state index is -0.680. The number of hydrogen-bond acceptors (Lipinski definition) is 5. The fourth-order valence-electron chi connectivity index (χ4n) is 2.44. The van der Waals surface area contributed by atoms with Gasteiger partial charge >= 0.3 is 6.09 Å². The molecule has 0 aliphatic heterocycles. The second-order valence-corrected chi connectivity index (χ2v) is 8.54. The van der Waals surface area contributed by atoms with Crippen molar-refractivity contribution in [3.05, 3.63) is 58.1 Å². The summed E-state index contributed by atoms with van der Waals surface area (Å²) in [6, 6.07) is 11.7. The zero-order valence-corrected chi connectivity index (χ0v) is 19.5. The Morgan fingerprint density at radius 3 is 2.38 bits per heavy atom. The minimum absolute atomic E-state index is 0.148. The van der Waals surface area contributed by atoms with Crippen LogP contribution in [0.4, 0.5) is 10.5 Å². The number of anilines is 1. The first kappa shape index (κ1) is 25.3. The molecule has 0 radical (unpaired) electrons. The second-order valence-electron chi connectivity index (χ2n) is 7.70. The summed E-state index contributed by atoms with van der Waals surface area (Å²) in [5.41, 5.74) is 0.542. The number of amides is 3. The van der Waals surface area contributed by atoms with Crippen LogP contribution in [0.3, 0.4) is 0 Å². The van der Waals surface area contributed by atoms with Crippen molar-refractivity contribution in [2.24, 2.45) is 0 Å². The van der Waals surface area contributed by atoms with Crippen molar-refractivity contribution in [1.29, 1.82) is 0 Å². The first-order valence-electron chi connectivity index (χ1n) is 9.72. The third kappa shape index (κ3) is 9.03. The number of hydrogen-bond donors (Lipinski definition) is 3. The molecule has 8 nitrogen and oxygen atoms in total. The summed E-state index contributed by atoms with van der Waals surface area (Å²) >= 11 is 11.9. The lowest BCUT2D eigenvalue weighted by Crippen LogP contribution is -2.39. The molecule has 3 N–H and O–H groups in total. The summed E-state index contributed by atoms with van der Waals surface area (Å²) in [6.07, 6.45) is -0.680. The maximum atomic E-state index is 12.3. The summed E-state index contributed by atoms with van der Waals surface area (Å²) in [7, 11) is 0. The van der Waals surface area contributed by atoms with Crippen molar-refractivity contribution in [3.8, 4) is 5.75 Å². The molecule has 0 atom stereocenters. The Hall–Kier alpha value is -2.97. The highest BCUT2D eigenvalue weighted by atomic mass is 35.5. The maximum Gasteiger partial charge on any atom is 0.408 e. The number of para-hydroxylation sites is 1. The molecule has 0 aliphatic rings. The number of ether oxygens (including phenoxy) is 2. The van der Waals surface area contributed by atoms with E-state index in [1.54, 1.807) is 57.2 Å². The molecule has 0 fully saturated rings. The van der Waals surface area contributed by atoms with Gasteiger partial charge in [0.15, 0.2) is 6.61 Å². The van der Waals surface area contributed by atoms with Crippen molar-refractivity contribution >= 4 is 46.8 Å². The van der Waals surface area contributed by atoms with E-state index in [2.05, 4.69) is 16.0 Å². The van der Waals surface area contributed by atoms with Crippen LogP contribution in [-0.2, 0) is 20.9 Å². The largest absolute Gasteiger partial charge is 0.482 e. The van der Waals surface area contributed by atoms with E-state index in [4.69, 9.17) is 32.7 Å². The first-order valence-corrected chi connectivity index (χ1v) is 10.5. The van der Waals surface area contributed by atoms with Crippen molar-refractivity contribution < 1.29 is 23.9 Å². The molecule has 0 aliphatic carbocycles. The number of nitrogens with one attached hydrogen (secondary N) is 3. The summed E-state index contributed by atoms with van der Waals surface area (Å²) in [6.45, 7) is 4.84. The summed E-state index contributed by atoms with van der Waals surface area (Å²) < 4.78 is 10.5. The lowest BCUT2D eigenvalue weighted by atomic mass is 10.1. The van der Waals surface area contributed by atoms with Gasteiger partial charge in [0.2, 0.25) is 5.91 Å². The van der Waals surface area contributed by atoms with Crippen molar-refractivity contribution in [3.63, 3.8) is 0 Å². The molecule has 32 heavy (non-hydrogen) atoms. The Labute approximate surface area is 196 Å². The van der Waals surface area contributed by atoms with Gasteiger partial charge in [-0.25, -0.2) is 4.79 Å². The molecule has 0 bridgehead atoms. The van der Waals surface area contributed by atoms with E-state index in [9.17, 15) is 14.4 Å². The summed E-state index contributed by atoms with van der Waals surface area (Å²) in [5, 5.41) is 8.56. The minimum Gasteiger partial charge on any atom is -0.482 e. The molecule has 0 spiro atoms. The van der Waals surface area contributed by atoms with Gasteiger partial charge in [0.1, 0.15) is 17.9 Å². The van der Waals surface area contributed by atoms with Crippen molar-refractivity contribution in [2.75, 3.05) is 18.5 Å². The van der Waals surface area contributed by atoms with Gasteiger partial charge in [-0.05, 0) is 50.6 Å². The van der Waals surface area contributed by atoms with Crippen LogP contribution in [0.15, 0.2) is 42.5 Å². The van der Waals surface area contributed by atoms with Gasteiger partial charge in [-0.3, -0.25) is 9.59 Å². The first-order chi connectivity index (χ1) is 15.0. The van der Waals surface area contributed by atoms with Crippen LogP contribution in [0.25, 0.3) is 0 Å². The molecular formula is C22H25Cl2N3O5. The molecule has 172 valence electrons. The molecule has 0 unspecified atom stereocenters. The number of carbonyl (C=O) groups is 3.